The zero-order chi connectivity index (χ0) is 17.0. The maximum Gasteiger partial charge on any atom is 0.240 e. The molecule has 7 heteroatoms. The second-order valence-corrected chi connectivity index (χ2v) is 6.81. The topological polar surface area (TPSA) is 82.9 Å². The molecule has 0 aliphatic carbocycles. The maximum atomic E-state index is 12.2. The van der Waals surface area contributed by atoms with Crippen LogP contribution in [0.2, 0.25) is 0 Å². The Hall–Kier alpha value is -2.15. The van der Waals surface area contributed by atoms with Crippen molar-refractivity contribution in [2.24, 2.45) is 10.2 Å². The third-order valence-corrected chi connectivity index (χ3v) is 4.22. The van der Waals surface area contributed by atoms with E-state index in [1.165, 1.54) is 11.8 Å². The molecule has 1 fully saturated rings. The number of nitrogens with zero attached hydrogens (tertiary/aromatic N) is 2. The summed E-state index contributed by atoms with van der Waals surface area (Å²) in [6, 6.07) is 5.81. The fraction of sp³-hybridized carbons (Fsp3) is 0.375. The molecule has 0 bridgehead atoms. The van der Waals surface area contributed by atoms with E-state index in [0.717, 1.165) is 22.5 Å². The summed E-state index contributed by atoms with van der Waals surface area (Å²) in [4.78, 5) is 24.0. The van der Waals surface area contributed by atoms with Crippen LogP contribution in [-0.2, 0) is 9.59 Å². The minimum absolute atomic E-state index is 0.0949. The molecule has 0 spiro atoms. The number of aryl methyl sites for hydroxylation is 2. The fourth-order valence-electron chi connectivity index (χ4n) is 2.06. The highest BCUT2D eigenvalue weighted by molar-refractivity contribution is 8.15. The summed E-state index contributed by atoms with van der Waals surface area (Å²) in [6.45, 7) is 7.58. The maximum absolute atomic E-state index is 12.2. The first kappa shape index (κ1) is 17.2. The Morgan fingerprint density at radius 1 is 1.35 bits per heavy atom. The van der Waals surface area contributed by atoms with Crippen molar-refractivity contribution < 1.29 is 9.59 Å². The smallest absolute Gasteiger partial charge is 0.240 e. The van der Waals surface area contributed by atoms with Gasteiger partial charge in [0.25, 0.3) is 0 Å². The van der Waals surface area contributed by atoms with Crippen molar-refractivity contribution in [1.82, 2.24) is 5.32 Å². The Bertz CT molecular complexity index is 693. The minimum Gasteiger partial charge on any atom is -0.326 e. The quantitative estimate of drug-likeness (QED) is 0.657. The number of carbonyl (C=O) groups excluding carboxylic acids is 2. The molecule has 1 aliphatic heterocycles. The number of amidine groups is 1. The number of thioether (sulfide) groups is 1. The Kier molecular flexibility index (Phi) is 5.54. The van der Waals surface area contributed by atoms with Gasteiger partial charge in [-0.25, -0.2) is 0 Å². The van der Waals surface area contributed by atoms with Gasteiger partial charge >= 0.3 is 0 Å². The molecule has 6 nitrogen and oxygen atoms in total. The largest absolute Gasteiger partial charge is 0.326 e. The van der Waals surface area contributed by atoms with Gasteiger partial charge in [-0.2, -0.15) is 5.10 Å². The third-order valence-electron chi connectivity index (χ3n) is 3.14. The highest BCUT2D eigenvalue weighted by Crippen LogP contribution is 2.24. The summed E-state index contributed by atoms with van der Waals surface area (Å²) in [6.07, 6.45) is 0.0949. The van der Waals surface area contributed by atoms with Gasteiger partial charge in [0.1, 0.15) is 5.25 Å². The van der Waals surface area contributed by atoms with E-state index in [9.17, 15) is 9.59 Å². The molecule has 1 aliphatic rings. The van der Waals surface area contributed by atoms with Gasteiger partial charge in [0.05, 0.1) is 0 Å². The lowest BCUT2D eigenvalue weighted by Crippen LogP contribution is -2.28. The first-order valence-electron chi connectivity index (χ1n) is 7.28. The molecule has 0 saturated carbocycles. The normalized spacial score (nSPS) is 18.7. The Morgan fingerprint density at radius 3 is 2.74 bits per heavy atom. The van der Waals surface area contributed by atoms with E-state index in [-0.39, 0.29) is 18.2 Å². The molecule has 2 N–H and O–H groups in total. The number of hydrogen-bond donors (Lipinski definition) is 2. The standard InChI is InChI=1S/C16H20N4O2S/c1-9(2)19-20-16-18-15(22)13(23-16)8-14(21)17-12-6-5-10(3)7-11(12)4/h5-7,13H,8H2,1-4H3,(H,17,21)(H,18,20,22). The van der Waals surface area contributed by atoms with E-state index in [2.05, 4.69) is 20.8 Å². The molecule has 2 rings (SSSR count). The van der Waals surface area contributed by atoms with E-state index in [0.29, 0.717) is 5.17 Å². The van der Waals surface area contributed by atoms with E-state index >= 15 is 0 Å². The predicted molar refractivity (Wildman–Crippen MR) is 94.9 cm³/mol. The number of anilines is 1. The number of nitrogens with one attached hydrogen (secondary N) is 2. The van der Waals surface area contributed by atoms with Crippen molar-refractivity contribution in [3.05, 3.63) is 29.3 Å². The molecular formula is C16H20N4O2S. The highest BCUT2D eigenvalue weighted by Gasteiger charge is 2.32. The Balaban J connectivity index is 1.96. The van der Waals surface area contributed by atoms with Gasteiger partial charge in [-0.1, -0.05) is 29.5 Å². The molecule has 1 atom stereocenters. The average molecular weight is 332 g/mol. The van der Waals surface area contributed by atoms with Crippen LogP contribution in [-0.4, -0.2) is 27.9 Å². The zero-order valence-corrected chi connectivity index (χ0v) is 14.5. The van der Waals surface area contributed by atoms with Crippen LogP contribution in [0.15, 0.2) is 28.4 Å². The lowest BCUT2D eigenvalue weighted by atomic mass is 10.1. The van der Waals surface area contributed by atoms with Crippen molar-refractivity contribution in [3.63, 3.8) is 0 Å². The molecule has 1 aromatic rings. The Labute approximate surface area is 139 Å². The molecule has 122 valence electrons. The number of hydrogen-bond acceptors (Lipinski definition) is 5. The van der Waals surface area contributed by atoms with Crippen molar-refractivity contribution in [1.29, 1.82) is 0 Å². The summed E-state index contributed by atoms with van der Waals surface area (Å²) in [7, 11) is 0. The van der Waals surface area contributed by atoms with Crippen LogP contribution >= 0.6 is 11.8 Å². The number of carbonyl (C=O) groups is 2. The van der Waals surface area contributed by atoms with Gasteiger partial charge in [0.15, 0.2) is 5.17 Å². The Morgan fingerprint density at radius 2 is 2.09 bits per heavy atom. The van der Waals surface area contributed by atoms with Gasteiger partial charge in [-0.05, 0) is 39.3 Å². The first-order valence-corrected chi connectivity index (χ1v) is 8.16. The molecule has 1 saturated heterocycles. The van der Waals surface area contributed by atoms with Crippen molar-refractivity contribution in [2.45, 2.75) is 39.4 Å². The monoisotopic (exact) mass is 332 g/mol. The van der Waals surface area contributed by atoms with E-state index in [1.807, 2.05) is 45.9 Å². The molecule has 0 aromatic heterocycles. The van der Waals surface area contributed by atoms with E-state index in [4.69, 9.17) is 0 Å². The van der Waals surface area contributed by atoms with Gasteiger partial charge < -0.3 is 10.6 Å². The van der Waals surface area contributed by atoms with Crippen LogP contribution in [0.4, 0.5) is 5.69 Å². The van der Waals surface area contributed by atoms with Crippen LogP contribution in [0.3, 0.4) is 0 Å². The van der Waals surface area contributed by atoms with Gasteiger partial charge in [0.2, 0.25) is 11.8 Å². The van der Waals surface area contributed by atoms with Crippen molar-refractivity contribution in [2.75, 3.05) is 5.32 Å². The molecular weight excluding hydrogens is 312 g/mol. The summed E-state index contributed by atoms with van der Waals surface area (Å²) in [5, 5.41) is 13.3. The zero-order valence-electron chi connectivity index (χ0n) is 13.6. The number of benzene rings is 1. The van der Waals surface area contributed by atoms with Crippen LogP contribution in [0.1, 0.15) is 31.4 Å². The molecule has 1 heterocycles. The van der Waals surface area contributed by atoms with E-state index < -0.39 is 5.25 Å². The van der Waals surface area contributed by atoms with Crippen LogP contribution in [0, 0.1) is 13.8 Å². The minimum atomic E-state index is -0.480. The molecule has 1 unspecified atom stereocenters. The van der Waals surface area contributed by atoms with Crippen LogP contribution in [0.5, 0.6) is 0 Å². The molecule has 1 aromatic carbocycles. The van der Waals surface area contributed by atoms with Crippen molar-refractivity contribution >= 4 is 40.1 Å². The summed E-state index contributed by atoms with van der Waals surface area (Å²) >= 11 is 1.23. The number of rotatable bonds is 4. The number of amides is 2. The lowest BCUT2D eigenvalue weighted by Gasteiger charge is -2.10. The molecule has 2 amide bonds. The van der Waals surface area contributed by atoms with Crippen LogP contribution in [0.25, 0.3) is 0 Å². The van der Waals surface area contributed by atoms with Gasteiger partial charge in [-0.15, -0.1) is 5.10 Å². The predicted octanol–water partition coefficient (Wildman–Crippen LogP) is 2.62. The van der Waals surface area contributed by atoms with Gasteiger partial charge in [-0.3, -0.25) is 9.59 Å². The SMILES string of the molecule is CC(C)=N/N=C1\NC(=O)C(CC(=O)Nc2ccc(C)cc2C)S1. The summed E-state index contributed by atoms with van der Waals surface area (Å²) < 4.78 is 0. The molecule has 23 heavy (non-hydrogen) atoms. The first-order chi connectivity index (χ1) is 10.8. The summed E-state index contributed by atoms with van der Waals surface area (Å²) in [5.74, 6) is -0.408. The highest BCUT2D eigenvalue weighted by atomic mass is 32.2. The second-order valence-electron chi connectivity index (χ2n) is 5.62. The molecule has 0 radical (unpaired) electrons. The second kappa shape index (κ2) is 7.41. The van der Waals surface area contributed by atoms with E-state index in [1.54, 1.807) is 0 Å². The fourth-order valence-corrected chi connectivity index (χ4v) is 2.97. The lowest BCUT2D eigenvalue weighted by molar-refractivity contribution is -0.122. The summed E-state index contributed by atoms with van der Waals surface area (Å²) in [5.41, 5.74) is 3.70. The average Bonchev–Trinajstić information content (AvgIpc) is 2.80. The van der Waals surface area contributed by atoms with Crippen LogP contribution < -0.4 is 10.6 Å². The third kappa shape index (κ3) is 4.92. The van der Waals surface area contributed by atoms with Gasteiger partial charge in [0, 0.05) is 17.8 Å². The van der Waals surface area contributed by atoms with Crippen molar-refractivity contribution in [3.8, 4) is 0 Å².